The van der Waals surface area contributed by atoms with Crippen LogP contribution in [0.5, 0.6) is 0 Å². The Hall–Kier alpha value is -4.00. The molecular formula is C23H20F3N5O4S. The molecule has 1 aliphatic heterocycles. The van der Waals surface area contributed by atoms with Crippen LogP contribution in [0.4, 0.5) is 35.2 Å². The van der Waals surface area contributed by atoms with Gasteiger partial charge in [-0.2, -0.15) is 13.2 Å². The summed E-state index contributed by atoms with van der Waals surface area (Å²) in [7, 11) is -2.23. The van der Waals surface area contributed by atoms with Gasteiger partial charge in [0.05, 0.1) is 17.8 Å². The third-order valence-electron chi connectivity index (χ3n) is 5.53. The van der Waals surface area contributed by atoms with E-state index in [0.717, 1.165) is 24.5 Å². The Kier molecular flexibility index (Phi) is 6.20. The molecule has 0 fully saturated rings. The van der Waals surface area contributed by atoms with Gasteiger partial charge < -0.3 is 5.32 Å². The number of anilines is 3. The molecule has 0 saturated carbocycles. The molecule has 1 aliphatic rings. The van der Waals surface area contributed by atoms with Gasteiger partial charge in [-0.25, -0.2) is 23.2 Å². The number of benzene rings is 2. The molecule has 0 atom stereocenters. The number of rotatable bonds is 4. The van der Waals surface area contributed by atoms with E-state index in [9.17, 15) is 31.2 Å². The molecule has 13 heteroatoms. The van der Waals surface area contributed by atoms with E-state index in [2.05, 4.69) is 15.3 Å². The lowest BCUT2D eigenvalue weighted by molar-refractivity contribution is -0.137. The number of alkyl halides is 3. The lowest BCUT2D eigenvalue weighted by Crippen LogP contribution is -2.46. The zero-order valence-electron chi connectivity index (χ0n) is 19.3. The maximum absolute atomic E-state index is 13.1. The normalized spacial score (nSPS) is 14.0. The predicted molar refractivity (Wildman–Crippen MR) is 126 cm³/mol. The van der Waals surface area contributed by atoms with Crippen LogP contribution in [0.25, 0.3) is 0 Å². The van der Waals surface area contributed by atoms with Gasteiger partial charge in [0.25, 0.3) is 5.91 Å². The van der Waals surface area contributed by atoms with Crippen LogP contribution in [0, 0.1) is 6.92 Å². The van der Waals surface area contributed by atoms with E-state index in [0.29, 0.717) is 16.8 Å². The standard InChI is InChI=1S/C23H20F3N5O4S/c1-13-7-8-17(28-20(32)14-5-4-6-16(9-14)23(24,25)26)10-18(13)31-12-15-11-27-21(36(3,34)35)29-19(15)30(2)22(31)33/h4-11H,12H2,1-3H3,(H,28,32). The third-order valence-corrected chi connectivity index (χ3v) is 6.39. The first kappa shape index (κ1) is 25.1. The van der Waals surface area contributed by atoms with Crippen LogP contribution in [0.2, 0.25) is 0 Å². The van der Waals surface area contributed by atoms with Crippen LogP contribution < -0.4 is 15.1 Å². The van der Waals surface area contributed by atoms with Gasteiger partial charge in [0.1, 0.15) is 5.82 Å². The first-order valence-corrected chi connectivity index (χ1v) is 12.4. The van der Waals surface area contributed by atoms with Crippen LogP contribution in [-0.4, -0.2) is 43.6 Å². The van der Waals surface area contributed by atoms with E-state index in [1.54, 1.807) is 19.1 Å². The number of urea groups is 1. The second-order valence-electron chi connectivity index (χ2n) is 8.24. The van der Waals surface area contributed by atoms with E-state index < -0.39 is 38.7 Å². The van der Waals surface area contributed by atoms with Gasteiger partial charge in [0, 0.05) is 36.3 Å². The Morgan fingerprint density at radius 2 is 1.86 bits per heavy atom. The largest absolute Gasteiger partial charge is 0.416 e. The molecular weight excluding hydrogens is 499 g/mol. The molecule has 1 N–H and O–H groups in total. The Labute approximate surface area is 204 Å². The molecule has 4 rings (SSSR count). The summed E-state index contributed by atoms with van der Waals surface area (Å²) in [5.41, 5.74) is 0.776. The zero-order valence-corrected chi connectivity index (χ0v) is 20.1. The highest BCUT2D eigenvalue weighted by atomic mass is 32.2. The number of hydrogen-bond donors (Lipinski definition) is 1. The topological polar surface area (TPSA) is 113 Å². The summed E-state index contributed by atoms with van der Waals surface area (Å²) in [5, 5.41) is 2.17. The average Bonchev–Trinajstić information content (AvgIpc) is 2.81. The van der Waals surface area contributed by atoms with Crippen molar-refractivity contribution >= 4 is 39.0 Å². The van der Waals surface area contributed by atoms with Gasteiger partial charge in [0.2, 0.25) is 15.0 Å². The minimum absolute atomic E-state index is 0.0361. The quantitative estimate of drug-likeness (QED) is 0.521. The van der Waals surface area contributed by atoms with E-state index >= 15 is 0 Å². The molecule has 2 heterocycles. The number of hydrogen-bond acceptors (Lipinski definition) is 6. The van der Waals surface area contributed by atoms with Crippen LogP contribution in [-0.2, 0) is 22.6 Å². The summed E-state index contributed by atoms with van der Waals surface area (Å²) in [6.07, 6.45) is -2.28. The van der Waals surface area contributed by atoms with Crippen LogP contribution in [0.1, 0.15) is 27.0 Å². The number of aromatic nitrogens is 2. The molecule has 3 aromatic rings. The Balaban J connectivity index is 1.63. The molecule has 36 heavy (non-hydrogen) atoms. The van der Waals surface area contributed by atoms with Crippen molar-refractivity contribution in [1.29, 1.82) is 0 Å². The number of carbonyl (C=O) groups is 2. The monoisotopic (exact) mass is 519 g/mol. The van der Waals surface area contributed by atoms with Crippen LogP contribution in [0.15, 0.2) is 53.8 Å². The van der Waals surface area contributed by atoms with Crippen molar-refractivity contribution < 1.29 is 31.2 Å². The molecule has 3 amide bonds. The number of amides is 3. The number of halogens is 3. The van der Waals surface area contributed by atoms with Gasteiger partial charge in [-0.05, 0) is 42.8 Å². The van der Waals surface area contributed by atoms with Gasteiger partial charge in [-0.15, -0.1) is 0 Å². The fourth-order valence-corrected chi connectivity index (χ4v) is 4.18. The number of fused-ring (bicyclic) bond motifs is 1. The van der Waals surface area contributed by atoms with E-state index in [1.165, 1.54) is 35.2 Å². The highest BCUT2D eigenvalue weighted by molar-refractivity contribution is 7.90. The second kappa shape index (κ2) is 8.90. The van der Waals surface area contributed by atoms with Gasteiger partial charge in [-0.3, -0.25) is 14.6 Å². The fraction of sp³-hybridized carbons (Fsp3) is 0.217. The first-order chi connectivity index (χ1) is 16.8. The Morgan fingerprint density at radius 3 is 2.53 bits per heavy atom. The summed E-state index contributed by atoms with van der Waals surface area (Å²) in [5.74, 6) is -0.580. The van der Waals surface area contributed by atoms with Crippen LogP contribution >= 0.6 is 0 Å². The molecule has 0 bridgehead atoms. The molecule has 0 spiro atoms. The Bertz CT molecular complexity index is 1490. The zero-order chi connectivity index (χ0) is 26.4. The number of carbonyl (C=O) groups excluding carboxylic acids is 2. The average molecular weight is 520 g/mol. The van der Waals surface area contributed by atoms with Crippen molar-refractivity contribution in [3.63, 3.8) is 0 Å². The molecule has 9 nitrogen and oxygen atoms in total. The molecule has 0 unspecified atom stereocenters. The maximum Gasteiger partial charge on any atom is 0.416 e. The van der Waals surface area contributed by atoms with Crippen molar-refractivity contribution in [2.24, 2.45) is 0 Å². The highest BCUT2D eigenvalue weighted by Gasteiger charge is 2.33. The summed E-state index contributed by atoms with van der Waals surface area (Å²) < 4.78 is 62.6. The number of nitrogens with zero attached hydrogens (tertiary/aromatic N) is 4. The fourth-order valence-electron chi connectivity index (χ4n) is 3.68. The van der Waals surface area contributed by atoms with E-state index in [-0.39, 0.29) is 23.6 Å². The number of sulfone groups is 1. The molecule has 2 aromatic carbocycles. The molecule has 0 saturated heterocycles. The lowest BCUT2D eigenvalue weighted by atomic mass is 10.1. The predicted octanol–water partition coefficient (Wildman–Crippen LogP) is 4.04. The van der Waals surface area contributed by atoms with Crippen molar-refractivity contribution in [2.45, 2.75) is 24.8 Å². The summed E-state index contributed by atoms with van der Waals surface area (Å²) in [4.78, 5) is 36.3. The highest BCUT2D eigenvalue weighted by Crippen LogP contribution is 2.33. The Morgan fingerprint density at radius 1 is 1.14 bits per heavy atom. The lowest BCUT2D eigenvalue weighted by Gasteiger charge is -2.34. The molecule has 0 radical (unpaired) electrons. The van der Waals surface area contributed by atoms with Gasteiger partial charge in [0.15, 0.2) is 0 Å². The molecule has 0 aliphatic carbocycles. The van der Waals surface area contributed by atoms with Crippen molar-refractivity contribution in [1.82, 2.24) is 9.97 Å². The van der Waals surface area contributed by atoms with Crippen molar-refractivity contribution in [2.75, 3.05) is 28.4 Å². The summed E-state index contributed by atoms with van der Waals surface area (Å²) in [6, 6.07) is 8.31. The molecule has 188 valence electrons. The first-order valence-electron chi connectivity index (χ1n) is 10.5. The maximum atomic E-state index is 13.1. The van der Waals surface area contributed by atoms with E-state index in [4.69, 9.17) is 0 Å². The molecule has 1 aromatic heterocycles. The SMILES string of the molecule is Cc1ccc(NC(=O)c2cccc(C(F)(F)F)c2)cc1N1Cc2cnc(S(C)(=O)=O)nc2N(C)C1=O. The van der Waals surface area contributed by atoms with E-state index in [1.807, 2.05) is 0 Å². The van der Waals surface area contributed by atoms with Crippen molar-refractivity contribution in [3.8, 4) is 0 Å². The van der Waals surface area contributed by atoms with Gasteiger partial charge in [-0.1, -0.05) is 12.1 Å². The smallest absolute Gasteiger partial charge is 0.322 e. The third kappa shape index (κ3) is 4.87. The second-order valence-corrected chi connectivity index (χ2v) is 10.1. The van der Waals surface area contributed by atoms with Crippen LogP contribution in [0.3, 0.4) is 0 Å². The summed E-state index contributed by atoms with van der Waals surface area (Å²) in [6.45, 7) is 1.79. The minimum atomic E-state index is -4.59. The number of aryl methyl sites for hydroxylation is 1. The van der Waals surface area contributed by atoms with Crippen molar-refractivity contribution in [3.05, 3.63) is 70.9 Å². The summed E-state index contributed by atoms with van der Waals surface area (Å²) >= 11 is 0. The minimum Gasteiger partial charge on any atom is -0.322 e. The van der Waals surface area contributed by atoms with Gasteiger partial charge >= 0.3 is 12.2 Å². The number of nitrogens with one attached hydrogen (secondary N) is 1.